The molecule has 0 aliphatic heterocycles. The number of aryl methyl sites for hydroxylation is 1. The van der Waals surface area contributed by atoms with Crippen LogP contribution in [0.5, 0.6) is 0 Å². The molecule has 3 rings (SSSR count). The van der Waals surface area contributed by atoms with Gasteiger partial charge < -0.3 is 9.67 Å². The predicted molar refractivity (Wildman–Crippen MR) is 103 cm³/mol. The molecule has 0 saturated heterocycles. The second-order valence-corrected chi connectivity index (χ2v) is 7.91. The summed E-state index contributed by atoms with van der Waals surface area (Å²) in [6.07, 6.45) is 4.11. The van der Waals surface area contributed by atoms with E-state index in [1.54, 1.807) is 30.3 Å². The van der Waals surface area contributed by atoms with E-state index in [1.165, 1.54) is 4.31 Å². The van der Waals surface area contributed by atoms with E-state index in [-0.39, 0.29) is 18.0 Å². The molecule has 26 heavy (non-hydrogen) atoms. The van der Waals surface area contributed by atoms with Crippen LogP contribution in [0.4, 0.5) is 5.69 Å². The first-order chi connectivity index (χ1) is 12.5. The van der Waals surface area contributed by atoms with Gasteiger partial charge in [-0.25, -0.2) is 8.42 Å². The Labute approximate surface area is 154 Å². The fourth-order valence-corrected chi connectivity index (χ4v) is 4.33. The molecule has 6 heteroatoms. The Hall–Kier alpha value is -2.57. The molecule has 0 amide bonds. The zero-order chi connectivity index (χ0) is 18.6. The molecule has 0 radical (unpaired) electrons. The van der Waals surface area contributed by atoms with Crippen LogP contribution in [0.1, 0.15) is 12.0 Å². The lowest BCUT2D eigenvalue weighted by atomic mass is 10.2. The van der Waals surface area contributed by atoms with E-state index in [9.17, 15) is 13.5 Å². The van der Waals surface area contributed by atoms with Gasteiger partial charge in [-0.3, -0.25) is 4.31 Å². The number of hydrogen-bond acceptors (Lipinski definition) is 3. The first-order valence-corrected chi connectivity index (χ1v) is 9.90. The third-order valence-corrected chi connectivity index (χ3v) is 5.99. The molecule has 0 spiro atoms. The van der Waals surface area contributed by atoms with E-state index in [1.807, 2.05) is 54.2 Å². The van der Waals surface area contributed by atoms with Crippen molar-refractivity contribution in [2.75, 3.05) is 17.5 Å². The minimum absolute atomic E-state index is 0.0778. The standard InChI is InChI=1S/C20H22N2O3S/c1-17-9-11-18(12-10-17)26(24,25)22(15-6-16-23)20-8-3-2-7-19(20)21-13-4-5-14-21/h2-5,7-14,23H,6,15-16H2,1H3. The molecule has 1 aromatic heterocycles. The van der Waals surface area contributed by atoms with Gasteiger partial charge in [0.05, 0.1) is 16.3 Å². The second kappa shape index (κ2) is 7.76. The van der Waals surface area contributed by atoms with Gasteiger partial charge in [-0.2, -0.15) is 0 Å². The Kier molecular flexibility index (Phi) is 5.44. The largest absolute Gasteiger partial charge is 0.396 e. The summed E-state index contributed by atoms with van der Waals surface area (Å²) in [5, 5.41) is 9.26. The number of aromatic nitrogens is 1. The number of aliphatic hydroxyl groups excluding tert-OH is 1. The first kappa shape index (κ1) is 18.2. The van der Waals surface area contributed by atoms with Crippen LogP contribution in [0.3, 0.4) is 0 Å². The van der Waals surface area contributed by atoms with E-state index in [0.717, 1.165) is 11.3 Å². The lowest BCUT2D eigenvalue weighted by Gasteiger charge is -2.26. The van der Waals surface area contributed by atoms with Gasteiger partial charge in [-0.15, -0.1) is 0 Å². The summed E-state index contributed by atoms with van der Waals surface area (Å²) in [5.74, 6) is 0. The van der Waals surface area contributed by atoms with Crippen LogP contribution < -0.4 is 4.31 Å². The summed E-state index contributed by atoms with van der Waals surface area (Å²) < 4.78 is 29.9. The number of nitrogens with zero attached hydrogens (tertiary/aromatic N) is 2. The van der Waals surface area contributed by atoms with Crippen molar-refractivity contribution in [2.24, 2.45) is 0 Å². The van der Waals surface area contributed by atoms with Crippen molar-refractivity contribution in [2.45, 2.75) is 18.2 Å². The van der Waals surface area contributed by atoms with Crippen LogP contribution in [0.25, 0.3) is 5.69 Å². The van der Waals surface area contributed by atoms with Gasteiger partial charge in [0.15, 0.2) is 0 Å². The van der Waals surface area contributed by atoms with Crippen molar-refractivity contribution in [1.82, 2.24) is 4.57 Å². The molecular weight excluding hydrogens is 348 g/mol. The van der Waals surface area contributed by atoms with Gasteiger partial charge in [-0.1, -0.05) is 29.8 Å². The maximum absolute atomic E-state index is 13.3. The number of benzene rings is 2. The fraction of sp³-hybridized carbons (Fsp3) is 0.200. The highest BCUT2D eigenvalue weighted by atomic mass is 32.2. The Morgan fingerprint density at radius 2 is 1.62 bits per heavy atom. The van der Waals surface area contributed by atoms with Crippen LogP contribution in [0.15, 0.2) is 78.0 Å². The molecule has 0 saturated carbocycles. The molecule has 1 N–H and O–H groups in total. The molecule has 0 bridgehead atoms. The van der Waals surface area contributed by atoms with Gasteiger partial charge in [0, 0.05) is 25.5 Å². The summed E-state index contributed by atoms with van der Waals surface area (Å²) >= 11 is 0. The van der Waals surface area contributed by atoms with Crippen LogP contribution in [-0.4, -0.2) is 31.2 Å². The molecular formula is C20H22N2O3S. The van der Waals surface area contributed by atoms with Gasteiger partial charge in [0.1, 0.15) is 0 Å². The molecule has 0 aliphatic carbocycles. The van der Waals surface area contributed by atoms with Crippen molar-refractivity contribution in [3.8, 4) is 5.69 Å². The summed E-state index contributed by atoms with van der Waals surface area (Å²) in [6.45, 7) is 2.04. The SMILES string of the molecule is Cc1ccc(S(=O)(=O)N(CCCO)c2ccccc2-n2cccc2)cc1. The quantitative estimate of drug-likeness (QED) is 0.694. The van der Waals surface area contributed by atoms with E-state index in [4.69, 9.17) is 0 Å². The Bertz CT molecular complexity index is 949. The maximum atomic E-state index is 13.3. The molecule has 0 fully saturated rings. The van der Waals surface area contributed by atoms with Crippen LogP contribution in [0, 0.1) is 6.92 Å². The zero-order valence-corrected chi connectivity index (χ0v) is 15.4. The van der Waals surface area contributed by atoms with Gasteiger partial charge in [0.25, 0.3) is 10.0 Å². The smallest absolute Gasteiger partial charge is 0.264 e. The van der Waals surface area contributed by atoms with E-state index in [2.05, 4.69) is 0 Å². The van der Waals surface area contributed by atoms with Crippen LogP contribution >= 0.6 is 0 Å². The second-order valence-electron chi connectivity index (χ2n) is 6.05. The van der Waals surface area contributed by atoms with Gasteiger partial charge >= 0.3 is 0 Å². The number of anilines is 1. The van der Waals surface area contributed by atoms with Crippen molar-refractivity contribution in [3.63, 3.8) is 0 Å². The zero-order valence-electron chi connectivity index (χ0n) is 14.6. The van der Waals surface area contributed by atoms with Gasteiger partial charge in [-0.05, 0) is 49.7 Å². The molecule has 1 heterocycles. The summed E-state index contributed by atoms with van der Waals surface area (Å²) in [5.41, 5.74) is 2.35. The number of para-hydroxylation sites is 2. The normalized spacial score (nSPS) is 11.5. The maximum Gasteiger partial charge on any atom is 0.264 e. The number of sulfonamides is 1. The highest BCUT2D eigenvalue weighted by molar-refractivity contribution is 7.92. The number of aliphatic hydroxyl groups is 1. The lowest BCUT2D eigenvalue weighted by molar-refractivity contribution is 0.291. The molecule has 3 aromatic rings. The molecule has 136 valence electrons. The molecule has 0 atom stereocenters. The number of hydrogen-bond donors (Lipinski definition) is 1. The minimum Gasteiger partial charge on any atom is -0.396 e. The number of rotatable bonds is 7. The summed E-state index contributed by atoms with van der Waals surface area (Å²) in [4.78, 5) is 0.239. The summed E-state index contributed by atoms with van der Waals surface area (Å²) in [7, 11) is -3.75. The van der Waals surface area contributed by atoms with Crippen molar-refractivity contribution < 1.29 is 13.5 Å². The Balaban J connectivity index is 2.11. The van der Waals surface area contributed by atoms with E-state index >= 15 is 0 Å². The minimum atomic E-state index is -3.75. The van der Waals surface area contributed by atoms with Crippen molar-refractivity contribution in [1.29, 1.82) is 0 Å². The average Bonchev–Trinajstić information content (AvgIpc) is 3.17. The van der Waals surface area contributed by atoms with Gasteiger partial charge in [0.2, 0.25) is 0 Å². The highest BCUT2D eigenvalue weighted by Crippen LogP contribution is 2.30. The predicted octanol–water partition coefficient (Wildman–Crippen LogP) is 3.36. The Morgan fingerprint density at radius 3 is 2.27 bits per heavy atom. The Morgan fingerprint density at radius 1 is 0.962 bits per heavy atom. The highest BCUT2D eigenvalue weighted by Gasteiger charge is 2.26. The molecule has 5 nitrogen and oxygen atoms in total. The van der Waals surface area contributed by atoms with E-state index < -0.39 is 10.0 Å². The third kappa shape index (κ3) is 3.66. The van der Waals surface area contributed by atoms with Crippen molar-refractivity contribution in [3.05, 3.63) is 78.6 Å². The molecule has 2 aromatic carbocycles. The topological polar surface area (TPSA) is 62.5 Å². The third-order valence-electron chi connectivity index (χ3n) is 4.16. The van der Waals surface area contributed by atoms with E-state index in [0.29, 0.717) is 12.1 Å². The molecule has 0 unspecified atom stereocenters. The monoisotopic (exact) mass is 370 g/mol. The van der Waals surface area contributed by atoms with Crippen LogP contribution in [0.2, 0.25) is 0 Å². The molecule has 0 aliphatic rings. The average molecular weight is 370 g/mol. The fourth-order valence-electron chi connectivity index (χ4n) is 2.81. The summed E-state index contributed by atoms with van der Waals surface area (Å²) in [6, 6.07) is 18.0. The van der Waals surface area contributed by atoms with Crippen molar-refractivity contribution >= 4 is 15.7 Å². The lowest BCUT2D eigenvalue weighted by Crippen LogP contribution is -2.33. The van der Waals surface area contributed by atoms with Crippen LogP contribution in [-0.2, 0) is 10.0 Å². The first-order valence-electron chi connectivity index (χ1n) is 8.46.